The Labute approximate surface area is 119 Å². The number of aromatic nitrogens is 2. The molecule has 3 nitrogen and oxygen atoms in total. The van der Waals surface area contributed by atoms with Crippen molar-refractivity contribution in [1.82, 2.24) is 9.97 Å². The average Bonchev–Trinajstić information content (AvgIpc) is 2.50. The fourth-order valence-corrected chi connectivity index (χ4v) is 2.18. The van der Waals surface area contributed by atoms with Gasteiger partial charge in [-0.2, -0.15) is 0 Å². The maximum Gasteiger partial charge on any atom is 0.201 e. The highest BCUT2D eigenvalue weighted by atomic mass is 19.1. The number of nitrogens with zero attached hydrogens (tertiary/aromatic N) is 2. The first-order valence-corrected chi connectivity index (χ1v) is 6.28. The van der Waals surface area contributed by atoms with Crippen LogP contribution in [0.3, 0.4) is 0 Å². The molecule has 0 saturated carbocycles. The lowest BCUT2D eigenvalue weighted by molar-refractivity contribution is 0.103. The van der Waals surface area contributed by atoms with Crippen LogP contribution in [0.4, 0.5) is 8.78 Å². The van der Waals surface area contributed by atoms with Crippen LogP contribution in [-0.2, 0) is 0 Å². The molecule has 21 heavy (non-hydrogen) atoms. The summed E-state index contributed by atoms with van der Waals surface area (Å²) in [7, 11) is 0. The van der Waals surface area contributed by atoms with Gasteiger partial charge in [0.1, 0.15) is 11.6 Å². The van der Waals surface area contributed by atoms with Gasteiger partial charge in [-0.3, -0.25) is 14.8 Å². The Bertz CT molecular complexity index is 857. The fraction of sp³-hybridized carbons (Fsp3) is 0.0625. The molecule has 1 heterocycles. The SMILES string of the molecule is Cc1ccc(F)c(C(=O)c2cccc3nccnc23)c1F. The van der Waals surface area contributed by atoms with Crippen molar-refractivity contribution < 1.29 is 13.6 Å². The summed E-state index contributed by atoms with van der Waals surface area (Å²) in [5, 5.41) is 0. The molecule has 0 saturated heterocycles. The lowest BCUT2D eigenvalue weighted by Crippen LogP contribution is -2.10. The van der Waals surface area contributed by atoms with Crippen LogP contribution in [0.25, 0.3) is 11.0 Å². The van der Waals surface area contributed by atoms with Crippen LogP contribution >= 0.6 is 0 Å². The number of ketones is 1. The van der Waals surface area contributed by atoms with Gasteiger partial charge in [0.05, 0.1) is 22.2 Å². The van der Waals surface area contributed by atoms with Crippen LogP contribution in [0.2, 0.25) is 0 Å². The maximum atomic E-state index is 14.1. The summed E-state index contributed by atoms with van der Waals surface area (Å²) in [6.07, 6.45) is 2.92. The van der Waals surface area contributed by atoms with E-state index in [2.05, 4.69) is 9.97 Å². The van der Waals surface area contributed by atoms with Crippen molar-refractivity contribution in [3.05, 3.63) is 71.1 Å². The van der Waals surface area contributed by atoms with Crippen molar-refractivity contribution in [3.8, 4) is 0 Å². The Morgan fingerprint density at radius 2 is 1.81 bits per heavy atom. The molecule has 5 heteroatoms. The summed E-state index contributed by atoms with van der Waals surface area (Å²) in [6.45, 7) is 1.48. The summed E-state index contributed by atoms with van der Waals surface area (Å²) >= 11 is 0. The van der Waals surface area contributed by atoms with E-state index in [0.717, 1.165) is 6.07 Å². The van der Waals surface area contributed by atoms with E-state index in [0.29, 0.717) is 11.0 Å². The predicted octanol–water partition coefficient (Wildman–Crippen LogP) is 3.45. The van der Waals surface area contributed by atoms with Crippen molar-refractivity contribution in [2.45, 2.75) is 6.92 Å². The zero-order valence-electron chi connectivity index (χ0n) is 11.1. The van der Waals surface area contributed by atoms with Crippen molar-refractivity contribution >= 4 is 16.8 Å². The minimum atomic E-state index is -0.885. The highest BCUT2D eigenvalue weighted by molar-refractivity contribution is 6.15. The van der Waals surface area contributed by atoms with Crippen LogP contribution in [0.1, 0.15) is 21.5 Å². The first-order chi connectivity index (χ1) is 10.1. The Kier molecular flexibility index (Phi) is 3.17. The molecule has 3 rings (SSSR count). The van der Waals surface area contributed by atoms with Crippen molar-refractivity contribution in [2.75, 3.05) is 0 Å². The van der Waals surface area contributed by atoms with Crippen molar-refractivity contribution in [2.24, 2.45) is 0 Å². The number of carbonyl (C=O) groups excluding carboxylic acids is 1. The molecule has 2 aromatic carbocycles. The van der Waals surface area contributed by atoms with Gasteiger partial charge in [0.25, 0.3) is 0 Å². The second kappa shape index (κ2) is 5.01. The molecule has 0 fully saturated rings. The van der Waals surface area contributed by atoms with Gasteiger partial charge < -0.3 is 0 Å². The molecule has 0 aliphatic rings. The molecule has 0 amide bonds. The number of fused-ring (bicyclic) bond motifs is 1. The highest BCUT2D eigenvalue weighted by Gasteiger charge is 2.22. The number of hydrogen-bond donors (Lipinski definition) is 0. The van der Waals surface area contributed by atoms with E-state index in [1.165, 1.54) is 31.5 Å². The van der Waals surface area contributed by atoms with E-state index >= 15 is 0 Å². The molecule has 1 aromatic heterocycles. The largest absolute Gasteiger partial charge is 0.288 e. The normalized spacial score (nSPS) is 10.8. The molecule has 0 aliphatic carbocycles. The van der Waals surface area contributed by atoms with Crippen LogP contribution in [0.5, 0.6) is 0 Å². The van der Waals surface area contributed by atoms with Gasteiger partial charge in [-0.25, -0.2) is 8.78 Å². The number of rotatable bonds is 2. The standard InChI is InChI=1S/C16H10F2N2O/c1-9-5-6-11(17)13(14(9)18)16(21)10-3-2-4-12-15(10)20-8-7-19-12/h2-8H,1H3. The minimum Gasteiger partial charge on any atom is -0.288 e. The van der Waals surface area contributed by atoms with Gasteiger partial charge in [-0.05, 0) is 30.7 Å². The lowest BCUT2D eigenvalue weighted by Gasteiger charge is -2.08. The number of hydrogen-bond acceptors (Lipinski definition) is 3. The predicted molar refractivity (Wildman–Crippen MR) is 74.1 cm³/mol. The molecule has 3 aromatic rings. The maximum absolute atomic E-state index is 14.1. The average molecular weight is 284 g/mol. The van der Waals surface area contributed by atoms with E-state index in [4.69, 9.17) is 0 Å². The quantitative estimate of drug-likeness (QED) is 0.677. The fourth-order valence-electron chi connectivity index (χ4n) is 2.18. The van der Waals surface area contributed by atoms with Crippen molar-refractivity contribution in [3.63, 3.8) is 0 Å². The van der Waals surface area contributed by atoms with E-state index in [9.17, 15) is 13.6 Å². The molecule has 0 radical (unpaired) electrons. The minimum absolute atomic E-state index is 0.129. The number of benzene rings is 2. The van der Waals surface area contributed by atoms with Crippen LogP contribution in [0, 0.1) is 18.6 Å². The third kappa shape index (κ3) is 2.16. The van der Waals surface area contributed by atoms with Gasteiger partial charge in [0, 0.05) is 12.4 Å². The van der Waals surface area contributed by atoms with Gasteiger partial charge >= 0.3 is 0 Å². The highest BCUT2D eigenvalue weighted by Crippen LogP contribution is 2.23. The second-order valence-electron chi connectivity index (χ2n) is 4.61. The Balaban J connectivity index is 2.25. The molecule has 0 N–H and O–H groups in total. The monoisotopic (exact) mass is 284 g/mol. The van der Waals surface area contributed by atoms with Gasteiger partial charge in [-0.15, -0.1) is 0 Å². The summed E-state index contributed by atoms with van der Waals surface area (Å²) in [5.41, 5.74) is 0.602. The first kappa shape index (κ1) is 13.3. The zero-order chi connectivity index (χ0) is 15.0. The van der Waals surface area contributed by atoms with Crippen molar-refractivity contribution in [1.29, 1.82) is 0 Å². The van der Waals surface area contributed by atoms with Gasteiger partial charge in [0.15, 0.2) is 0 Å². The number of carbonyl (C=O) groups is 1. The molecule has 0 aliphatic heterocycles. The van der Waals surface area contributed by atoms with Crippen LogP contribution in [-0.4, -0.2) is 15.8 Å². The van der Waals surface area contributed by atoms with Gasteiger partial charge in [0.2, 0.25) is 5.78 Å². The molecule has 0 spiro atoms. The summed E-state index contributed by atoms with van der Waals surface area (Å²) in [4.78, 5) is 20.7. The second-order valence-corrected chi connectivity index (χ2v) is 4.61. The smallest absolute Gasteiger partial charge is 0.201 e. The number of aryl methyl sites for hydroxylation is 1. The van der Waals surface area contributed by atoms with Crippen LogP contribution < -0.4 is 0 Å². The third-order valence-corrected chi connectivity index (χ3v) is 3.25. The first-order valence-electron chi connectivity index (χ1n) is 6.28. The van der Waals surface area contributed by atoms with Crippen LogP contribution in [0.15, 0.2) is 42.7 Å². The van der Waals surface area contributed by atoms with E-state index in [1.54, 1.807) is 12.1 Å². The third-order valence-electron chi connectivity index (χ3n) is 3.25. The number of para-hydroxylation sites is 1. The number of halogens is 2. The summed E-state index contributed by atoms with van der Waals surface area (Å²) in [5.74, 6) is -2.47. The molecular weight excluding hydrogens is 274 g/mol. The summed E-state index contributed by atoms with van der Waals surface area (Å²) in [6, 6.07) is 7.16. The van der Waals surface area contributed by atoms with E-state index in [-0.39, 0.29) is 11.1 Å². The summed E-state index contributed by atoms with van der Waals surface area (Å²) < 4.78 is 28.0. The zero-order valence-corrected chi connectivity index (χ0v) is 11.1. The molecule has 104 valence electrons. The Morgan fingerprint density at radius 3 is 2.62 bits per heavy atom. The lowest BCUT2D eigenvalue weighted by atomic mass is 9.99. The Morgan fingerprint density at radius 1 is 1.05 bits per heavy atom. The molecule has 0 unspecified atom stereocenters. The van der Waals surface area contributed by atoms with Gasteiger partial charge in [-0.1, -0.05) is 12.1 Å². The molecule has 0 atom stereocenters. The van der Waals surface area contributed by atoms with E-state index in [1.807, 2.05) is 0 Å². The molecular formula is C16H10F2N2O. The topological polar surface area (TPSA) is 42.9 Å². The Hall–Kier alpha value is -2.69. The van der Waals surface area contributed by atoms with E-state index < -0.39 is 23.0 Å². The molecule has 0 bridgehead atoms.